The summed E-state index contributed by atoms with van der Waals surface area (Å²) in [6.07, 6.45) is 10.6. The quantitative estimate of drug-likeness (QED) is 0.495. The fourth-order valence-corrected chi connectivity index (χ4v) is 5.86. The SMILES string of the molecule is CCCCC1CCC2C[C@H](c3cc4ccc(OC)c(F)c4c(F)c3F)CC[C@@H]2C1. The van der Waals surface area contributed by atoms with Crippen LogP contribution in [0.3, 0.4) is 0 Å². The Balaban J connectivity index is 1.56. The second-order valence-corrected chi connectivity index (χ2v) is 9.13. The van der Waals surface area contributed by atoms with Crippen molar-refractivity contribution >= 4 is 10.8 Å². The van der Waals surface area contributed by atoms with Crippen LogP contribution in [-0.4, -0.2) is 7.11 Å². The number of hydrogen-bond acceptors (Lipinski definition) is 1. The number of unbranched alkanes of at least 4 members (excludes halogenated alkanes) is 1. The Morgan fingerprint density at radius 1 is 0.931 bits per heavy atom. The van der Waals surface area contributed by atoms with Gasteiger partial charge in [0.2, 0.25) is 0 Å². The largest absolute Gasteiger partial charge is 0.494 e. The van der Waals surface area contributed by atoms with E-state index in [-0.39, 0.29) is 17.1 Å². The molecule has 4 rings (SSSR count). The average molecular weight is 405 g/mol. The number of fused-ring (bicyclic) bond motifs is 2. The van der Waals surface area contributed by atoms with Crippen molar-refractivity contribution in [1.82, 2.24) is 0 Å². The van der Waals surface area contributed by atoms with Crippen LogP contribution in [0.4, 0.5) is 13.2 Å². The van der Waals surface area contributed by atoms with Crippen LogP contribution < -0.4 is 4.74 Å². The first kappa shape index (κ1) is 20.6. The highest BCUT2D eigenvalue weighted by Gasteiger charge is 2.37. The lowest BCUT2D eigenvalue weighted by Gasteiger charge is -2.42. The first-order chi connectivity index (χ1) is 14.0. The Morgan fingerprint density at radius 2 is 1.69 bits per heavy atom. The summed E-state index contributed by atoms with van der Waals surface area (Å²) in [5.74, 6) is -0.655. The van der Waals surface area contributed by atoms with Crippen molar-refractivity contribution in [2.45, 2.75) is 70.6 Å². The first-order valence-corrected chi connectivity index (χ1v) is 11.2. The van der Waals surface area contributed by atoms with Crippen LogP contribution in [0.25, 0.3) is 10.8 Å². The fraction of sp³-hybridized carbons (Fsp3) is 0.600. The Kier molecular flexibility index (Phi) is 6.08. The maximum atomic E-state index is 15.0. The van der Waals surface area contributed by atoms with E-state index in [9.17, 15) is 13.2 Å². The number of ether oxygens (including phenoxy) is 1. The number of hydrogen-bond donors (Lipinski definition) is 0. The van der Waals surface area contributed by atoms with Gasteiger partial charge in [0.15, 0.2) is 23.2 Å². The van der Waals surface area contributed by atoms with Gasteiger partial charge in [-0.05, 0) is 78.9 Å². The van der Waals surface area contributed by atoms with E-state index in [1.165, 1.54) is 51.7 Å². The molecule has 4 atom stereocenters. The maximum Gasteiger partial charge on any atom is 0.175 e. The lowest BCUT2D eigenvalue weighted by atomic mass is 9.63. The predicted molar refractivity (Wildman–Crippen MR) is 111 cm³/mol. The van der Waals surface area contributed by atoms with E-state index in [2.05, 4.69) is 6.92 Å². The van der Waals surface area contributed by atoms with Gasteiger partial charge in [0.1, 0.15) is 0 Å². The van der Waals surface area contributed by atoms with Gasteiger partial charge in [-0.15, -0.1) is 0 Å². The standard InChI is InChI=1S/C25H31F3O/c1-3-4-5-15-6-7-17-13-18(9-8-16(17)12-15)20-14-19-10-11-21(29-2)24(27)22(19)25(28)23(20)26/h10-11,14-18H,3-9,12-13H2,1-2H3/t15?,16-,17?,18-/m1/s1. The molecule has 0 aliphatic heterocycles. The summed E-state index contributed by atoms with van der Waals surface area (Å²) in [6, 6.07) is 4.76. The molecular weight excluding hydrogens is 373 g/mol. The summed E-state index contributed by atoms with van der Waals surface area (Å²) < 4.78 is 49.2. The van der Waals surface area contributed by atoms with Gasteiger partial charge < -0.3 is 4.74 Å². The van der Waals surface area contributed by atoms with Crippen molar-refractivity contribution in [3.8, 4) is 5.75 Å². The molecule has 0 aromatic heterocycles. The van der Waals surface area contributed by atoms with Crippen molar-refractivity contribution in [1.29, 1.82) is 0 Å². The molecule has 2 saturated carbocycles. The molecule has 4 heteroatoms. The zero-order valence-electron chi connectivity index (χ0n) is 17.4. The van der Waals surface area contributed by atoms with Gasteiger partial charge in [-0.3, -0.25) is 0 Å². The van der Waals surface area contributed by atoms with Crippen molar-refractivity contribution in [3.05, 3.63) is 41.2 Å². The van der Waals surface area contributed by atoms with Gasteiger partial charge in [0.25, 0.3) is 0 Å². The van der Waals surface area contributed by atoms with E-state index in [1.807, 2.05) is 0 Å². The van der Waals surface area contributed by atoms with Crippen molar-refractivity contribution in [3.63, 3.8) is 0 Å². The smallest absolute Gasteiger partial charge is 0.175 e. The van der Waals surface area contributed by atoms with Gasteiger partial charge in [0.05, 0.1) is 12.5 Å². The summed E-state index contributed by atoms with van der Waals surface area (Å²) in [5, 5.41) is 0.0957. The third-order valence-electron chi connectivity index (χ3n) is 7.46. The Hall–Kier alpha value is -1.71. The second kappa shape index (κ2) is 8.57. The van der Waals surface area contributed by atoms with Crippen LogP contribution in [-0.2, 0) is 0 Å². The Bertz CT molecular complexity index is 878. The number of rotatable bonds is 5. The molecule has 0 bridgehead atoms. The molecule has 2 fully saturated rings. The second-order valence-electron chi connectivity index (χ2n) is 9.13. The van der Waals surface area contributed by atoms with E-state index in [0.29, 0.717) is 16.9 Å². The zero-order chi connectivity index (χ0) is 20.5. The molecular formula is C25H31F3O. The topological polar surface area (TPSA) is 9.23 Å². The zero-order valence-corrected chi connectivity index (χ0v) is 17.4. The predicted octanol–water partition coefficient (Wildman–Crippen LogP) is 7.76. The van der Waals surface area contributed by atoms with Crippen LogP contribution in [0.2, 0.25) is 0 Å². The highest BCUT2D eigenvalue weighted by atomic mass is 19.2. The molecule has 2 aromatic rings. The average Bonchev–Trinajstić information content (AvgIpc) is 2.74. The highest BCUT2D eigenvalue weighted by Crippen LogP contribution is 2.49. The van der Waals surface area contributed by atoms with E-state index >= 15 is 0 Å². The normalized spacial score (nSPS) is 27.1. The number of benzene rings is 2. The molecule has 1 nitrogen and oxygen atoms in total. The molecule has 0 heterocycles. The van der Waals surface area contributed by atoms with Crippen LogP contribution in [0.1, 0.15) is 76.2 Å². The lowest BCUT2D eigenvalue weighted by Crippen LogP contribution is -2.30. The molecule has 2 aliphatic carbocycles. The van der Waals surface area contributed by atoms with Crippen LogP contribution in [0.15, 0.2) is 18.2 Å². The van der Waals surface area contributed by atoms with Crippen LogP contribution in [0.5, 0.6) is 5.75 Å². The molecule has 2 aliphatic rings. The molecule has 0 amide bonds. The van der Waals surface area contributed by atoms with E-state index < -0.39 is 17.5 Å². The van der Waals surface area contributed by atoms with Crippen molar-refractivity contribution in [2.75, 3.05) is 7.11 Å². The van der Waals surface area contributed by atoms with Gasteiger partial charge in [0, 0.05) is 0 Å². The van der Waals surface area contributed by atoms with E-state index in [1.54, 1.807) is 12.1 Å². The Morgan fingerprint density at radius 3 is 2.45 bits per heavy atom. The van der Waals surface area contributed by atoms with Gasteiger partial charge >= 0.3 is 0 Å². The molecule has 0 N–H and O–H groups in total. The minimum Gasteiger partial charge on any atom is -0.494 e. The number of halogens is 3. The molecule has 2 aromatic carbocycles. The molecule has 0 spiro atoms. The van der Waals surface area contributed by atoms with E-state index in [4.69, 9.17) is 4.74 Å². The summed E-state index contributed by atoms with van der Waals surface area (Å²) in [4.78, 5) is 0. The fourth-order valence-electron chi connectivity index (χ4n) is 5.86. The van der Waals surface area contributed by atoms with Gasteiger partial charge in [-0.1, -0.05) is 38.7 Å². The Labute approximate surface area is 171 Å². The van der Waals surface area contributed by atoms with E-state index in [0.717, 1.165) is 31.1 Å². The molecule has 158 valence electrons. The number of methoxy groups -OCH3 is 1. The first-order valence-electron chi connectivity index (χ1n) is 11.2. The van der Waals surface area contributed by atoms with Crippen molar-refractivity contribution < 1.29 is 17.9 Å². The monoisotopic (exact) mass is 404 g/mol. The summed E-state index contributed by atoms with van der Waals surface area (Å²) in [5.41, 5.74) is 0.422. The van der Waals surface area contributed by atoms with Crippen LogP contribution >= 0.6 is 0 Å². The maximum absolute atomic E-state index is 15.0. The van der Waals surface area contributed by atoms with Crippen molar-refractivity contribution in [2.24, 2.45) is 17.8 Å². The summed E-state index contributed by atoms with van der Waals surface area (Å²) in [6.45, 7) is 2.25. The van der Waals surface area contributed by atoms with Gasteiger partial charge in [-0.25, -0.2) is 13.2 Å². The summed E-state index contributed by atoms with van der Waals surface area (Å²) in [7, 11) is 1.32. The summed E-state index contributed by atoms with van der Waals surface area (Å²) >= 11 is 0. The molecule has 2 unspecified atom stereocenters. The molecule has 0 radical (unpaired) electrons. The van der Waals surface area contributed by atoms with Crippen LogP contribution in [0, 0.1) is 35.2 Å². The minimum atomic E-state index is -1.08. The highest BCUT2D eigenvalue weighted by molar-refractivity contribution is 5.86. The molecule has 29 heavy (non-hydrogen) atoms. The third kappa shape index (κ3) is 3.87. The third-order valence-corrected chi connectivity index (χ3v) is 7.46. The minimum absolute atomic E-state index is 0.0208. The lowest BCUT2D eigenvalue weighted by molar-refractivity contribution is 0.112. The molecule has 0 saturated heterocycles. The van der Waals surface area contributed by atoms with Gasteiger partial charge in [-0.2, -0.15) is 0 Å².